The van der Waals surface area contributed by atoms with Gasteiger partial charge < -0.3 is 13.9 Å². The first kappa shape index (κ1) is 18.7. The highest BCUT2D eigenvalue weighted by molar-refractivity contribution is 7.89. The fraction of sp³-hybridized carbons (Fsp3) is 0.500. The molecular formula is C16H20FN3O5S. The molecule has 1 aliphatic rings. The zero-order chi connectivity index (χ0) is 18.9. The van der Waals surface area contributed by atoms with E-state index in [2.05, 4.69) is 10.2 Å². The summed E-state index contributed by atoms with van der Waals surface area (Å²) in [6, 6.07) is 3.41. The van der Waals surface area contributed by atoms with Crippen molar-refractivity contribution < 1.29 is 26.7 Å². The van der Waals surface area contributed by atoms with Crippen LogP contribution in [0.15, 0.2) is 27.5 Å². The number of aromatic nitrogens is 2. The first-order chi connectivity index (χ1) is 12.4. The Hall–Kier alpha value is -2.04. The molecule has 3 rings (SSSR count). The zero-order valence-electron chi connectivity index (χ0n) is 14.7. The number of nitrogens with zero attached hydrogens (tertiary/aromatic N) is 3. The molecule has 142 valence electrons. The van der Waals surface area contributed by atoms with Crippen LogP contribution < -0.4 is 4.74 Å². The van der Waals surface area contributed by atoms with E-state index in [1.54, 1.807) is 14.0 Å². The second-order valence-electron chi connectivity index (χ2n) is 6.10. The first-order valence-corrected chi connectivity index (χ1v) is 9.43. The van der Waals surface area contributed by atoms with Gasteiger partial charge in [-0.15, -0.1) is 10.2 Å². The molecule has 26 heavy (non-hydrogen) atoms. The third-order valence-electron chi connectivity index (χ3n) is 4.39. The van der Waals surface area contributed by atoms with Crippen LogP contribution in [-0.4, -0.2) is 56.8 Å². The molecule has 0 spiro atoms. The molecule has 1 aromatic carbocycles. The summed E-state index contributed by atoms with van der Waals surface area (Å²) in [6.45, 7) is 2.33. The number of halogens is 1. The maximum Gasteiger partial charge on any atom is 0.246 e. The lowest BCUT2D eigenvalue weighted by Gasteiger charge is -2.18. The molecule has 1 saturated heterocycles. The molecular weight excluding hydrogens is 365 g/mol. The summed E-state index contributed by atoms with van der Waals surface area (Å²) in [5, 5.41) is 7.83. The Morgan fingerprint density at radius 2 is 2.08 bits per heavy atom. The van der Waals surface area contributed by atoms with Gasteiger partial charge in [0.2, 0.25) is 21.8 Å². The zero-order valence-corrected chi connectivity index (χ0v) is 15.5. The second-order valence-corrected chi connectivity index (χ2v) is 8.00. The van der Waals surface area contributed by atoms with Gasteiger partial charge in [-0.2, -0.15) is 4.31 Å². The van der Waals surface area contributed by atoms with Crippen molar-refractivity contribution in [3.05, 3.63) is 35.8 Å². The molecule has 0 saturated carbocycles. The predicted octanol–water partition coefficient (Wildman–Crippen LogP) is 1.58. The van der Waals surface area contributed by atoms with Gasteiger partial charge in [-0.25, -0.2) is 12.8 Å². The Morgan fingerprint density at radius 1 is 1.31 bits per heavy atom. The molecule has 2 aromatic rings. The van der Waals surface area contributed by atoms with Gasteiger partial charge in [0.15, 0.2) is 0 Å². The van der Waals surface area contributed by atoms with E-state index in [-0.39, 0.29) is 35.6 Å². The molecule has 0 N–H and O–H groups in total. The quantitative estimate of drug-likeness (QED) is 0.745. The number of hydrogen-bond donors (Lipinski definition) is 0. The highest BCUT2D eigenvalue weighted by atomic mass is 32.2. The van der Waals surface area contributed by atoms with E-state index in [4.69, 9.17) is 13.9 Å². The SMILES string of the molecule is COC[C@@H]1CN(S(=O)(=O)c2cc(F)ccc2OC)C[C@H]1c1nnc(C)o1. The second kappa shape index (κ2) is 7.29. The Bertz CT molecular complexity index is 886. The Labute approximate surface area is 151 Å². The van der Waals surface area contributed by atoms with E-state index in [0.29, 0.717) is 18.4 Å². The van der Waals surface area contributed by atoms with Crippen LogP contribution in [0.5, 0.6) is 5.75 Å². The number of ether oxygens (including phenoxy) is 2. The van der Waals surface area contributed by atoms with Gasteiger partial charge in [-0.1, -0.05) is 0 Å². The molecule has 0 amide bonds. The predicted molar refractivity (Wildman–Crippen MR) is 88.9 cm³/mol. The number of methoxy groups -OCH3 is 2. The van der Waals surface area contributed by atoms with Crippen LogP contribution in [0.4, 0.5) is 4.39 Å². The topological polar surface area (TPSA) is 94.8 Å². The van der Waals surface area contributed by atoms with Gasteiger partial charge >= 0.3 is 0 Å². The van der Waals surface area contributed by atoms with Crippen molar-refractivity contribution in [2.75, 3.05) is 33.9 Å². The molecule has 10 heteroatoms. The lowest BCUT2D eigenvalue weighted by Crippen LogP contribution is -2.30. The van der Waals surface area contributed by atoms with Crippen LogP contribution in [0, 0.1) is 18.7 Å². The lowest BCUT2D eigenvalue weighted by molar-refractivity contribution is 0.146. The number of hydrogen-bond acceptors (Lipinski definition) is 7. The number of aryl methyl sites for hydroxylation is 1. The summed E-state index contributed by atoms with van der Waals surface area (Å²) in [4.78, 5) is -0.210. The van der Waals surface area contributed by atoms with E-state index >= 15 is 0 Å². The summed E-state index contributed by atoms with van der Waals surface area (Å²) < 4.78 is 56.9. The molecule has 0 radical (unpaired) electrons. The molecule has 0 unspecified atom stereocenters. The van der Waals surface area contributed by atoms with Gasteiger partial charge in [0.1, 0.15) is 16.5 Å². The molecule has 2 heterocycles. The molecule has 2 atom stereocenters. The average Bonchev–Trinajstić information content (AvgIpc) is 3.22. The third-order valence-corrected chi connectivity index (χ3v) is 6.24. The van der Waals surface area contributed by atoms with Crippen molar-refractivity contribution >= 4 is 10.0 Å². The maximum absolute atomic E-state index is 13.7. The van der Waals surface area contributed by atoms with Crippen molar-refractivity contribution in [3.8, 4) is 5.75 Å². The van der Waals surface area contributed by atoms with Crippen molar-refractivity contribution in [2.45, 2.75) is 17.7 Å². The summed E-state index contributed by atoms with van der Waals surface area (Å²) in [6.07, 6.45) is 0. The van der Waals surface area contributed by atoms with Gasteiger partial charge in [-0.3, -0.25) is 0 Å². The van der Waals surface area contributed by atoms with Crippen LogP contribution >= 0.6 is 0 Å². The van der Waals surface area contributed by atoms with E-state index in [9.17, 15) is 12.8 Å². The molecule has 1 aromatic heterocycles. The fourth-order valence-electron chi connectivity index (χ4n) is 3.14. The van der Waals surface area contributed by atoms with Gasteiger partial charge in [-0.05, 0) is 18.2 Å². The Balaban J connectivity index is 1.95. The summed E-state index contributed by atoms with van der Waals surface area (Å²) >= 11 is 0. The standard InChI is InChI=1S/C16H20FN3O5S/c1-10-18-19-16(25-10)13-8-20(7-11(13)9-23-2)26(21,22)15-6-12(17)4-5-14(15)24-3/h4-6,11,13H,7-9H2,1-3H3/t11-,13+/m0/s1. The van der Waals surface area contributed by atoms with E-state index in [0.717, 1.165) is 12.1 Å². The van der Waals surface area contributed by atoms with E-state index < -0.39 is 15.8 Å². The molecule has 8 nitrogen and oxygen atoms in total. The number of rotatable bonds is 6. The first-order valence-electron chi connectivity index (χ1n) is 7.99. The normalized spacial score (nSPS) is 21.2. The van der Waals surface area contributed by atoms with Crippen molar-refractivity contribution in [1.82, 2.24) is 14.5 Å². The van der Waals surface area contributed by atoms with E-state index in [1.165, 1.54) is 17.5 Å². The minimum Gasteiger partial charge on any atom is -0.495 e. The van der Waals surface area contributed by atoms with Gasteiger partial charge in [0.05, 0.1) is 19.6 Å². The van der Waals surface area contributed by atoms with E-state index in [1.807, 2.05) is 0 Å². The lowest BCUT2D eigenvalue weighted by atomic mass is 9.97. The highest BCUT2D eigenvalue weighted by Crippen LogP contribution is 2.37. The minimum atomic E-state index is -3.97. The summed E-state index contributed by atoms with van der Waals surface area (Å²) in [7, 11) is -1.08. The smallest absolute Gasteiger partial charge is 0.246 e. The van der Waals surface area contributed by atoms with Gasteiger partial charge in [0, 0.05) is 33.0 Å². The fourth-order valence-corrected chi connectivity index (χ4v) is 4.83. The molecule has 1 fully saturated rings. The molecule has 0 aliphatic carbocycles. The van der Waals surface area contributed by atoms with Crippen LogP contribution in [0.2, 0.25) is 0 Å². The monoisotopic (exact) mass is 385 g/mol. The number of sulfonamides is 1. The highest BCUT2D eigenvalue weighted by Gasteiger charge is 2.43. The molecule has 0 bridgehead atoms. The van der Waals surface area contributed by atoms with Crippen molar-refractivity contribution in [3.63, 3.8) is 0 Å². The average molecular weight is 385 g/mol. The summed E-state index contributed by atoms with van der Waals surface area (Å²) in [5.41, 5.74) is 0. The maximum atomic E-state index is 13.7. The minimum absolute atomic E-state index is 0.0896. The van der Waals surface area contributed by atoms with Crippen LogP contribution in [-0.2, 0) is 14.8 Å². The Morgan fingerprint density at radius 3 is 2.69 bits per heavy atom. The Kier molecular flexibility index (Phi) is 5.26. The third kappa shape index (κ3) is 3.44. The van der Waals surface area contributed by atoms with Crippen molar-refractivity contribution in [2.24, 2.45) is 5.92 Å². The van der Waals surface area contributed by atoms with Gasteiger partial charge in [0.25, 0.3) is 0 Å². The van der Waals surface area contributed by atoms with Crippen LogP contribution in [0.1, 0.15) is 17.7 Å². The van der Waals surface area contributed by atoms with Crippen LogP contribution in [0.25, 0.3) is 0 Å². The van der Waals surface area contributed by atoms with Crippen LogP contribution in [0.3, 0.4) is 0 Å². The number of benzene rings is 1. The van der Waals surface area contributed by atoms with Crippen molar-refractivity contribution in [1.29, 1.82) is 0 Å². The molecule has 1 aliphatic heterocycles. The largest absolute Gasteiger partial charge is 0.495 e. The summed E-state index contributed by atoms with van der Waals surface area (Å²) in [5.74, 6) is -0.245.